The lowest BCUT2D eigenvalue weighted by Gasteiger charge is -2.59. The molecule has 11 unspecified atom stereocenters. The quantitative estimate of drug-likeness (QED) is 0.278. The zero-order valence-corrected chi connectivity index (χ0v) is 35.1. The van der Waals surface area contributed by atoms with Crippen LogP contribution in [-0.2, 0) is 0 Å². The van der Waals surface area contributed by atoms with Crippen LogP contribution in [0.5, 0.6) is 0 Å². The lowest BCUT2D eigenvalue weighted by Crippen LogP contribution is -2.68. The van der Waals surface area contributed by atoms with Gasteiger partial charge in [0.2, 0.25) is 0 Å². The molecule has 7 saturated carbocycles. The van der Waals surface area contributed by atoms with E-state index >= 15 is 0 Å². The number of rotatable bonds is 4. The molecule has 0 spiro atoms. The Hall–Kier alpha value is -1.34. The molecule has 2 aromatic carbocycles. The molecular formula is C50H74Si. The maximum absolute atomic E-state index is 2.71. The lowest BCUT2D eigenvalue weighted by molar-refractivity contribution is -0.0969. The molecule has 51 heavy (non-hydrogen) atoms. The average molecular weight is 703 g/mol. The van der Waals surface area contributed by atoms with Crippen molar-refractivity contribution >= 4 is 18.4 Å². The van der Waals surface area contributed by atoms with Crippen LogP contribution in [0, 0.1) is 80.8 Å². The number of benzene rings is 2. The summed E-state index contributed by atoms with van der Waals surface area (Å²) in [6, 6.07) is 25.3. The fourth-order valence-electron chi connectivity index (χ4n) is 16.8. The molecule has 7 aliphatic carbocycles. The van der Waals surface area contributed by atoms with Gasteiger partial charge in [0.25, 0.3) is 0 Å². The van der Waals surface area contributed by atoms with Crippen molar-refractivity contribution in [2.45, 2.75) is 156 Å². The smallest absolute Gasteiger partial charge is 0.0626 e. The third kappa shape index (κ3) is 5.35. The second-order valence-electron chi connectivity index (χ2n) is 23.0. The highest BCUT2D eigenvalue weighted by Crippen LogP contribution is 2.74. The van der Waals surface area contributed by atoms with Crippen molar-refractivity contribution in [2.24, 2.45) is 80.8 Å². The molecule has 0 amide bonds. The van der Waals surface area contributed by atoms with Gasteiger partial charge >= 0.3 is 0 Å². The van der Waals surface area contributed by atoms with Crippen molar-refractivity contribution in [3.05, 3.63) is 60.7 Å². The van der Waals surface area contributed by atoms with E-state index in [4.69, 9.17) is 0 Å². The lowest BCUT2D eigenvalue weighted by atomic mass is 9.46. The van der Waals surface area contributed by atoms with E-state index in [1.807, 2.05) is 10.4 Å². The van der Waals surface area contributed by atoms with E-state index in [0.717, 1.165) is 70.3 Å². The van der Waals surface area contributed by atoms with Crippen LogP contribution in [0.3, 0.4) is 0 Å². The molecular weight excluding hydrogens is 629 g/mol. The minimum atomic E-state index is -2.28. The van der Waals surface area contributed by atoms with Crippen LogP contribution in [0.4, 0.5) is 0 Å². The van der Waals surface area contributed by atoms with Gasteiger partial charge in [0.1, 0.15) is 8.07 Å². The van der Waals surface area contributed by atoms with E-state index in [1.165, 1.54) is 89.9 Å². The predicted octanol–water partition coefficient (Wildman–Crippen LogP) is 12.8. The summed E-state index contributed by atoms with van der Waals surface area (Å²) in [6.07, 6.45) is 20.8. The molecule has 1 heteroatoms. The summed E-state index contributed by atoms with van der Waals surface area (Å²) >= 11 is 0. The summed E-state index contributed by atoms with van der Waals surface area (Å²) in [5.74, 6) is 9.14. The van der Waals surface area contributed by atoms with Gasteiger partial charge in [-0.2, -0.15) is 0 Å². The van der Waals surface area contributed by atoms with Crippen LogP contribution in [0.1, 0.15) is 145 Å². The minimum Gasteiger partial charge on any atom is -0.0626 e. The maximum Gasteiger partial charge on any atom is 0.124 e. The Bertz CT molecular complexity index is 1450. The van der Waals surface area contributed by atoms with E-state index in [1.54, 1.807) is 0 Å². The van der Waals surface area contributed by atoms with Crippen molar-refractivity contribution < 1.29 is 0 Å². The summed E-state index contributed by atoms with van der Waals surface area (Å²) < 4.78 is 0. The molecule has 0 aliphatic heterocycles. The highest BCUT2D eigenvalue weighted by molar-refractivity contribution is 7.04. The third-order valence-electron chi connectivity index (χ3n) is 19.4. The van der Waals surface area contributed by atoms with Crippen molar-refractivity contribution in [3.63, 3.8) is 0 Å². The van der Waals surface area contributed by atoms with E-state index in [0.29, 0.717) is 21.7 Å². The van der Waals surface area contributed by atoms with E-state index in [2.05, 4.69) is 116 Å². The largest absolute Gasteiger partial charge is 0.124 e. The predicted molar refractivity (Wildman–Crippen MR) is 220 cm³/mol. The van der Waals surface area contributed by atoms with Gasteiger partial charge in [-0.25, -0.2) is 0 Å². The molecule has 7 fully saturated rings. The van der Waals surface area contributed by atoms with Crippen LogP contribution in [0.25, 0.3) is 0 Å². The summed E-state index contributed by atoms with van der Waals surface area (Å²) in [4.78, 5) is 0. The number of hydrogen-bond acceptors (Lipinski definition) is 0. The Morgan fingerprint density at radius 1 is 0.431 bits per heavy atom. The summed E-state index contributed by atoms with van der Waals surface area (Å²) in [5.41, 5.74) is 3.68. The van der Waals surface area contributed by atoms with Crippen LogP contribution in [0.2, 0.25) is 11.1 Å². The summed E-state index contributed by atoms with van der Waals surface area (Å²) in [5, 5.41) is 3.68. The molecule has 0 aromatic heterocycles. The number of fused-ring (bicyclic) bond motifs is 6. The second kappa shape index (κ2) is 12.3. The van der Waals surface area contributed by atoms with Crippen molar-refractivity contribution in [3.8, 4) is 0 Å². The first-order chi connectivity index (χ1) is 24.3. The Morgan fingerprint density at radius 2 is 0.824 bits per heavy atom. The SMILES string of the molecule is CC1(C)CCC(C)(C)C2CC3C(CC21)C1CC2C(CC1C3[Si](c1ccccc1)(c1ccccc1)C1CCC3CCCCC31)C(C)(C)CCC2(C)C. The monoisotopic (exact) mass is 703 g/mol. The van der Waals surface area contributed by atoms with Crippen LogP contribution in [-0.4, -0.2) is 8.07 Å². The highest BCUT2D eigenvalue weighted by atomic mass is 28.3. The van der Waals surface area contributed by atoms with Gasteiger partial charge in [0, 0.05) is 0 Å². The van der Waals surface area contributed by atoms with E-state index in [-0.39, 0.29) is 0 Å². The Labute approximate surface area is 315 Å². The second-order valence-corrected chi connectivity index (χ2v) is 27.3. The third-order valence-corrected chi connectivity index (χ3v) is 25.8. The summed E-state index contributed by atoms with van der Waals surface area (Å²) in [6.45, 7) is 21.6. The molecule has 0 heterocycles. The molecule has 0 radical (unpaired) electrons. The number of hydrogen-bond donors (Lipinski definition) is 0. The first kappa shape index (κ1) is 35.4. The first-order valence-corrected chi connectivity index (χ1v) is 24.5. The Balaban J connectivity index is 1.28. The van der Waals surface area contributed by atoms with Crippen LogP contribution in [0.15, 0.2) is 60.7 Å². The van der Waals surface area contributed by atoms with Gasteiger partial charge in [0.05, 0.1) is 0 Å². The molecule has 11 atom stereocenters. The average Bonchev–Trinajstić information content (AvgIpc) is 3.69. The van der Waals surface area contributed by atoms with Crippen molar-refractivity contribution in [2.75, 3.05) is 0 Å². The summed E-state index contributed by atoms with van der Waals surface area (Å²) in [7, 11) is -2.28. The molecule has 7 aliphatic rings. The molecule has 0 N–H and O–H groups in total. The fraction of sp³-hybridized carbons (Fsp3) is 0.760. The first-order valence-electron chi connectivity index (χ1n) is 22.4. The van der Waals surface area contributed by atoms with Gasteiger partial charge in [-0.05, 0) is 143 Å². The zero-order valence-electron chi connectivity index (χ0n) is 34.1. The fourth-order valence-corrected chi connectivity index (χ4v) is 24.6. The normalized spacial score (nSPS) is 43.2. The van der Waals surface area contributed by atoms with Gasteiger partial charge < -0.3 is 0 Å². The van der Waals surface area contributed by atoms with Gasteiger partial charge in [0.15, 0.2) is 0 Å². The molecule has 9 rings (SSSR count). The van der Waals surface area contributed by atoms with Crippen LogP contribution >= 0.6 is 0 Å². The maximum atomic E-state index is 2.71. The molecule has 0 saturated heterocycles. The van der Waals surface area contributed by atoms with Gasteiger partial charge in [-0.15, -0.1) is 0 Å². The zero-order chi connectivity index (χ0) is 35.6. The molecule has 2 aromatic rings. The molecule has 278 valence electrons. The standard InChI is InChI=1S/C50H74Si/c1-47(2)25-27-49(5,6)43-31-39-37(29-41(43)47)38-30-42-44(50(7,8)28-26-48(42,3)4)32-40(38)46(39)51(34-18-11-9-12-19-34,35-20-13-10-14-21-35)45-24-23-33-17-15-16-22-36(33)45/h9-14,18-21,33,36-46H,15-17,22-32H2,1-8H3. The van der Waals surface area contributed by atoms with E-state index in [9.17, 15) is 0 Å². The Kier molecular flexibility index (Phi) is 8.55. The minimum absolute atomic E-state index is 0.465. The van der Waals surface area contributed by atoms with Gasteiger partial charge in [-0.1, -0.05) is 165 Å². The topological polar surface area (TPSA) is 0 Å². The van der Waals surface area contributed by atoms with Gasteiger partial charge in [-0.3, -0.25) is 0 Å². The van der Waals surface area contributed by atoms with Crippen LogP contribution < -0.4 is 10.4 Å². The highest BCUT2D eigenvalue weighted by Gasteiger charge is 2.69. The Morgan fingerprint density at radius 3 is 1.25 bits per heavy atom. The molecule has 0 bridgehead atoms. The van der Waals surface area contributed by atoms with Crippen molar-refractivity contribution in [1.82, 2.24) is 0 Å². The van der Waals surface area contributed by atoms with E-state index < -0.39 is 8.07 Å². The van der Waals surface area contributed by atoms with Crippen molar-refractivity contribution in [1.29, 1.82) is 0 Å². The molecule has 0 nitrogen and oxygen atoms in total.